The van der Waals surface area contributed by atoms with Gasteiger partial charge in [0.25, 0.3) is 0 Å². The Hall–Kier alpha value is -1.26. The molecule has 0 saturated heterocycles. The average Bonchev–Trinajstić information content (AvgIpc) is 2.14. The summed E-state index contributed by atoms with van der Waals surface area (Å²) < 4.78 is 5.19. The van der Waals surface area contributed by atoms with E-state index in [1.165, 1.54) is 4.90 Å². The number of amides is 1. The average molecular weight is 245 g/mol. The van der Waals surface area contributed by atoms with Gasteiger partial charge in [-0.25, -0.2) is 9.59 Å². The molecule has 0 fully saturated rings. The van der Waals surface area contributed by atoms with Gasteiger partial charge in [-0.1, -0.05) is 13.3 Å². The standard InChI is InChI=1S/C12H23NO4/c1-6-8-9(10(14)15)13(7-2)11(16)17-12(3,4)5/h9H,6-8H2,1-5H3,(H,14,15). The van der Waals surface area contributed by atoms with Gasteiger partial charge in [0.1, 0.15) is 11.6 Å². The molecule has 0 aliphatic rings. The highest BCUT2D eigenvalue weighted by Crippen LogP contribution is 2.14. The van der Waals surface area contributed by atoms with E-state index >= 15 is 0 Å². The number of carboxylic acid groups (broad SMARTS) is 1. The van der Waals surface area contributed by atoms with Gasteiger partial charge in [-0.2, -0.15) is 0 Å². The number of carbonyl (C=O) groups is 2. The second kappa shape index (κ2) is 6.47. The Morgan fingerprint density at radius 1 is 1.29 bits per heavy atom. The van der Waals surface area contributed by atoms with Crippen LogP contribution in [0.4, 0.5) is 4.79 Å². The van der Waals surface area contributed by atoms with Gasteiger partial charge in [-0.3, -0.25) is 4.90 Å². The van der Waals surface area contributed by atoms with Gasteiger partial charge in [0.05, 0.1) is 0 Å². The summed E-state index contributed by atoms with van der Waals surface area (Å²) in [6, 6.07) is -0.806. The van der Waals surface area contributed by atoms with Crippen molar-refractivity contribution in [3.63, 3.8) is 0 Å². The molecule has 17 heavy (non-hydrogen) atoms. The van der Waals surface area contributed by atoms with Crippen molar-refractivity contribution in [2.24, 2.45) is 0 Å². The van der Waals surface area contributed by atoms with Gasteiger partial charge in [-0.05, 0) is 34.1 Å². The summed E-state index contributed by atoms with van der Waals surface area (Å²) in [5, 5.41) is 9.10. The first-order valence-corrected chi connectivity index (χ1v) is 5.95. The number of carboxylic acids is 1. The Kier molecular flexibility index (Phi) is 5.99. The summed E-state index contributed by atoms with van der Waals surface area (Å²) in [5.41, 5.74) is -0.611. The number of nitrogens with zero attached hydrogens (tertiary/aromatic N) is 1. The minimum absolute atomic E-state index is 0.325. The highest BCUT2D eigenvalue weighted by molar-refractivity contribution is 5.80. The SMILES string of the molecule is CCCC(C(=O)O)N(CC)C(=O)OC(C)(C)C. The van der Waals surface area contributed by atoms with Crippen LogP contribution in [0.2, 0.25) is 0 Å². The minimum atomic E-state index is -0.987. The molecule has 0 saturated carbocycles. The number of likely N-dealkylation sites (N-methyl/N-ethyl adjacent to an activating group) is 1. The lowest BCUT2D eigenvalue weighted by atomic mass is 10.1. The normalized spacial score (nSPS) is 13.0. The number of aliphatic carboxylic acids is 1. The number of carbonyl (C=O) groups excluding carboxylic acids is 1. The van der Waals surface area contributed by atoms with E-state index in [-0.39, 0.29) is 0 Å². The third kappa shape index (κ3) is 5.56. The van der Waals surface area contributed by atoms with E-state index in [0.717, 1.165) is 0 Å². The molecule has 0 bridgehead atoms. The Bertz CT molecular complexity index is 270. The molecular formula is C12H23NO4. The summed E-state index contributed by atoms with van der Waals surface area (Å²) in [6.45, 7) is 9.23. The van der Waals surface area contributed by atoms with E-state index in [0.29, 0.717) is 19.4 Å². The Labute approximate surface area is 103 Å². The van der Waals surface area contributed by atoms with E-state index in [1.807, 2.05) is 6.92 Å². The van der Waals surface area contributed by atoms with Crippen molar-refractivity contribution in [1.82, 2.24) is 4.90 Å². The molecular weight excluding hydrogens is 222 g/mol. The van der Waals surface area contributed by atoms with Crippen molar-refractivity contribution in [2.75, 3.05) is 6.54 Å². The maximum Gasteiger partial charge on any atom is 0.411 e. The fourth-order valence-electron chi connectivity index (χ4n) is 1.48. The second-order valence-electron chi connectivity index (χ2n) is 4.91. The minimum Gasteiger partial charge on any atom is -0.480 e. The summed E-state index contributed by atoms with van der Waals surface area (Å²) in [7, 11) is 0. The van der Waals surface area contributed by atoms with Gasteiger partial charge in [0, 0.05) is 6.54 Å². The third-order valence-corrected chi connectivity index (χ3v) is 2.19. The van der Waals surface area contributed by atoms with Crippen molar-refractivity contribution < 1.29 is 19.4 Å². The van der Waals surface area contributed by atoms with E-state index < -0.39 is 23.7 Å². The molecule has 0 aromatic carbocycles. The molecule has 0 rings (SSSR count). The molecule has 0 radical (unpaired) electrons. The lowest BCUT2D eigenvalue weighted by molar-refractivity contribution is -0.143. The summed E-state index contributed by atoms with van der Waals surface area (Å²) in [5.74, 6) is -0.987. The van der Waals surface area contributed by atoms with Crippen molar-refractivity contribution in [1.29, 1.82) is 0 Å². The third-order valence-electron chi connectivity index (χ3n) is 2.19. The molecule has 0 aliphatic heterocycles. The van der Waals surface area contributed by atoms with Gasteiger partial charge >= 0.3 is 12.1 Å². The fourth-order valence-corrected chi connectivity index (χ4v) is 1.48. The molecule has 0 aliphatic carbocycles. The summed E-state index contributed by atoms with van der Waals surface area (Å²) in [4.78, 5) is 24.2. The Balaban J connectivity index is 4.78. The van der Waals surface area contributed by atoms with Crippen LogP contribution in [0, 0.1) is 0 Å². The molecule has 5 heteroatoms. The van der Waals surface area contributed by atoms with Gasteiger partial charge in [0.2, 0.25) is 0 Å². The fraction of sp³-hybridized carbons (Fsp3) is 0.833. The zero-order chi connectivity index (χ0) is 13.6. The van der Waals surface area contributed by atoms with Crippen LogP contribution >= 0.6 is 0 Å². The molecule has 0 heterocycles. The van der Waals surface area contributed by atoms with Crippen molar-refractivity contribution in [3.8, 4) is 0 Å². The van der Waals surface area contributed by atoms with E-state index in [2.05, 4.69) is 0 Å². The highest BCUT2D eigenvalue weighted by atomic mass is 16.6. The number of rotatable bonds is 5. The molecule has 0 aromatic rings. The van der Waals surface area contributed by atoms with Crippen LogP contribution in [0.15, 0.2) is 0 Å². The highest BCUT2D eigenvalue weighted by Gasteiger charge is 2.30. The van der Waals surface area contributed by atoms with Crippen molar-refractivity contribution in [3.05, 3.63) is 0 Å². The van der Waals surface area contributed by atoms with Crippen LogP contribution in [0.1, 0.15) is 47.5 Å². The number of ether oxygens (including phenoxy) is 1. The van der Waals surface area contributed by atoms with Gasteiger partial charge < -0.3 is 9.84 Å². The molecule has 100 valence electrons. The second-order valence-corrected chi connectivity index (χ2v) is 4.91. The molecule has 0 aromatic heterocycles. The topological polar surface area (TPSA) is 66.8 Å². The lowest BCUT2D eigenvalue weighted by Crippen LogP contribution is -2.47. The Morgan fingerprint density at radius 2 is 1.82 bits per heavy atom. The molecule has 1 amide bonds. The van der Waals surface area contributed by atoms with Crippen molar-refractivity contribution in [2.45, 2.75) is 59.1 Å². The first-order valence-electron chi connectivity index (χ1n) is 5.95. The van der Waals surface area contributed by atoms with E-state index in [9.17, 15) is 9.59 Å². The molecule has 1 N–H and O–H groups in total. The Morgan fingerprint density at radius 3 is 2.12 bits per heavy atom. The zero-order valence-electron chi connectivity index (χ0n) is 11.3. The maximum absolute atomic E-state index is 11.9. The first-order chi connectivity index (χ1) is 7.72. The molecule has 5 nitrogen and oxygen atoms in total. The van der Waals surface area contributed by atoms with E-state index in [4.69, 9.17) is 9.84 Å². The predicted molar refractivity (Wildman–Crippen MR) is 64.9 cm³/mol. The summed E-state index contributed by atoms with van der Waals surface area (Å²) in [6.07, 6.45) is 0.569. The van der Waals surface area contributed by atoms with Crippen LogP contribution in [-0.2, 0) is 9.53 Å². The quantitative estimate of drug-likeness (QED) is 0.808. The first kappa shape index (κ1) is 15.7. The van der Waals surface area contributed by atoms with Crippen LogP contribution in [0.5, 0.6) is 0 Å². The lowest BCUT2D eigenvalue weighted by Gasteiger charge is -2.30. The number of hydrogen-bond acceptors (Lipinski definition) is 3. The summed E-state index contributed by atoms with van der Waals surface area (Å²) >= 11 is 0. The molecule has 0 spiro atoms. The number of hydrogen-bond donors (Lipinski definition) is 1. The van der Waals surface area contributed by atoms with Gasteiger partial charge in [0.15, 0.2) is 0 Å². The molecule has 1 unspecified atom stereocenters. The van der Waals surface area contributed by atoms with E-state index in [1.54, 1.807) is 27.7 Å². The zero-order valence-corrected chi connectivity index (χ0v) is 11.3. The van der Waals surface area contributed by atoms with Gasteiger partial charge in [-0.15, -0.1) is 0 Å². The maximum atomic E-state index is 11.9. The smallest absolute Gasteiger partial charge is 0.411 e. The van der Waals surface area contributed by atoms with Crippen LogP contribution in [0.3, 0.4) is 0 Å². The van der Waals surface area contributed by atoms with Crippen LogP contribution in [-0.4, -0.2) is 40.3 Å². The largest absolute Gasteiger partial charge is 0.480 e. The monoisotopic (exact) mass is 245 g/mol. The van der Waals surface area contributed by atoms with Crippen LogP contribution in [0.25, 0.3) is 0 Å². The van der Waals surface area contributed by atoms with Crippen LogP contribution < -0.4 is 0 Å². The van der Waals surface area contributed by atoms with Crippen molar-refractivity contribution >= 4 is 12.1 Å². The predicted octanol–water partition coefficient (Wildman–Crippen LogP) is 2.50. The molecule has 1 atom stereocenters.